The van der Waals surface area contributed by atoms with Crippen molar-refractivity contribution in [2.45, 2.75) is 33.2 Å². The second-order valence-corrected chi connectivity index (χ2v) is 4.33. The highest BCUT2D eigenvalue weighted by atomic mass is 16.3. The van der Waals surface area contributed by atoms with Crippen molar-refractivity contribution in [3.05, 3.63) is 34.4 Å². The zero-order valence-electron chi connectivity index (χ0n) is 9.39. The van der Waals surface area contributed by atoms with Crippen LogP contribution >= 0.6 is 0 Å². The third kappa shape index (κ3) is 1.97. The van der Waals surface area contributed by atoms with Gasteiger partial charge in [-0.15, -0.1) is 0 Å². The number of aryl methyl sites for hydroxylation is 3. The molecular formula is C12H19NO. The van der Waals surface area contributed by atoms with Gasteiger partial charge in [-0.2, -0.15) is 0 Å². The number of aliphatic hydroxyl groups is 1. The van der Waals surface area contributed by atoms with Gasteiger partial charge in [-0.3, -0.25) is 0 Å². The zero-order valence-corrected chi connectivity index (χ0v) is 9.39. The number of hydrogen-bond donors (Lipinski definition) is 2. The predicted octanol–water partition coefficient (Wildman–Crippen LogP) is 1.78. The Balaban J connectivity index is 3.29. The standard InChI is InChI=1S/C12H19NO/c1-8-5-10(3)11(6-9(8)2)12(4,13)7-14/h5-6,14H,7,13H2,1-4H3/t12-/m0/s1. The van der Waals surface area contributed by atoms with Crippen molar-refractivity contribution >= 4 is 0 Å². The fourth-order valence-electron chi connectivity index (χ4n) is 1.66. The van der Waals surface area contributed by atoms with Crippen molar-refractivity contribution in [1.29, 1.82) is 0 Å². The highest BCUT2D eigenvalue weighted by molar-refractivity contribution is 5.40. The van der Waals surface area contributed by atoms with Gasteiger partial charge in [0.1, 0.15) is 0 Å². The molecule has 1 atom stereocenters. The minimum atomic E-state index is -0.636. The summed E-state index contributed by atoms with van der Waals surface area (Å²) in [6, 6.07) is 4.19. The summed E-state index contributed by atoms with van der Waals surface area (Å²) < 4.78 is 0. The van der Waals surface area contributed by atoms with Gasteiger partial charge < -0.3 is 10.8 Å². The van der Waals surface area contributed by atoms with E-state index in [-0.39, 0.29) is 6.61 Å². The monoisotopic (exact) mass is 193 g/mol. The highest BCUT2D eigenvalue weighted by Crippen LogP contribution is 2.24. The summed E-state index contributed by atoms with van der Waals surface area (Å²) in [6.45, 7) is 7.99. The molecule has 0 fully saturated rings. The minimum Gasteiger partial charge on any atom is -0.394 e. The van der Waals surface area contributed by atoms with Crippen LogP contribution in [0.1, 0.15) is 29.2 Å². The zero-order chi connectivity index (χ0) is 10.9. The number of nitrogens with two attached hydrogens (primary N) is 1. The summed E-state index contributed by atoms with van der Waals surface area (Å²) in [5, 5.41) is 9.21. The summed E-state index contributed by atoms with van der Waals surface area (Å²) in [6.07, 6.45) is 0. The van der Waals surface area contributed by atoms with Gasteiger partial charge in [0.05, 0.1) is 12.1 Å². The Kier molecular flexibility index (Phi) is 2.98. The summed E-state index contributed by atoms with van der Waals surface area (Å²) in [5.41, 5.74) is 10.0. The molecule has 0 spiro atoms. The van der Waals surface area contributed by atoms with Crippen LogP contribution in [0.15, 0.2) is 12.1 Å². The molecule has 0 bridgehead atoms. The molecule has 0 aliphatic rings. The van der Waals surface area contributed by atoms with E-state index in [1.54, 1.807) is 0 Å². The van der Waals surface area contributed by atoms with Crippen molar-refractivity contribution in [3.8, 4) is 0 Å². The Bertz CT molecular complexity index is 342. The van der Waals surface area contributed by atoms with Crippen LogP contribution < -0.4 is 5.73 Å². The van der Waals surface area contributed by atoms with Crippen LogP contribution in [0.3, 0.4) is 0 Å². The molecule has 0 saturated heterocycles. The third-order valence-electron chi connectivity index (χ3n) is 2.78. The molecule has 3 N–H and O–H groups in total. The van der Waals surface area contributed by atoms with Gasteiger partial charge in [0.2, 0.25) is 0 Å². The first kappa shape index (κ1) is 11.2. The van der Waals surface area contributed by atoms with E-state index in [1.807, 2.05) is 13.8 Å². The van der Waals surface area contributed by atoms with Crippen molar-refractivity contribution in [3.63, 3.8) is 0 Å². The second-order valence-electron chi connectivity index (χ2n) is 4.33. The molecule has 14 heavy (non-hydrogen) atoms. The van der Waals surface area contributed by atoms with Gasteiger partial charge in [-0.1, -0.05) is 12.1 Å². The lowest BCUT2D eigenvalue weighted by atomic mass is 9.88. The number of benzene rings is 1. The van der Waals surface area contributed by atoms with Crippen molar-refractivity contribution in [2.24, 2.45) is 5.73 Å². The fourth-order valence-corrected chi connectivity index (χ4v) is 1.66. The third-order valence-corrected chi connectivity index (χ3v) is 2.78. The molecule has 2 nitrogen and oxygen atoms in total. The van der Waals surface area contributed by atoms with Crippen LogP contribution in [0.25, 0.3) is 0 Å². The maximum Gasteiger partial charge on any atom is 0.0650 e. The molecule has 0 heterocycles. The summed E-state index contributed by atoms with van der Waals surface area (Å²) in [4.78, 5) is 0. The number of rotatable bonds is 2. The normalized spacial score (nSPS) is 15.3. The van der Waals surface area contributed by atoms with Gasteiger partial charge in [-0.05, 0) is 49.9 Å². The molecule has 1 aromatic rings. The molecule has 1 aromatic carbocycles. The Labute approximate surface area is 85.8 Å². The predicted molar refractivity (Wildman–Crippen MR) is 59.3 cm³/mol. The molecule has 0 aliphatic carbocycles. The number of hydrogen-bond acceptors (Lipinski definition) is 2. The topological polar surface area (TPSA) is 46.2 Å². The molecule has 0 amide bonds. The van der Waals surface area contributed by atoms with Gasteiger partial charge in [0.25, 0.3) is 0 Å². The van der Waals surface area contributed by atoms with Gasteiger partial charge in [-0.25, -0.2) is 0 Å². The Morgan fingerprint density at radius 1 is 1.14 bits per heavy atom. The maximum atomic E-state index is 9.21. The molecular weight excluding hydrogens is 174 g/mol. The fraction of sp³-hybridized carbons (Fsp3) is 0.500. The Hall–Kier alpha value is -0.860. The quantitative estimate of drug-likeness (QED) is 0.752. The maximum absolute atomic E-state index is 9.21. The molecule has 0 saturated carbocycles. The molecule has 78 valence electrons. The number of aliphatic hydroxyl groups excluding tert-OH is 1. The van der Waals surface area contributed by atoms with Crippen LogP contribution in [-0.2, 0) is 5.54 Å². The first-order valence-corrected chi connectivity index (χ1v) is 4.86. The first-order valence-electron chi connectivity index (χ1n) is 4.86. The van der Waals surface area contributed by atoms with Crippen LogP contribution in [0.2, 0.25) is 0 Å². The van der Waals surface area contributed by atoms with Gasteiger partial charge >= 0.3 is 0 Å². The molecule has 0 radical (unpaired) electrons. The Morgan fingerprint density at radius 2 is 1.64 bits per heavy atom. The van der Waals surface area contributed by atoms with E-state index >= 15 is 0 Å². The van der Waals surface area contributed by atoms with Crippen LogP contribution in [0.5, 0.6) is 0 Å². The molecule has 1 rings (SSSR count). The van der Waals surface area contributed by atoms with E-state index in [0.29, 0.717) is 0 Å². The van der Waals surface area contributed by atoms with Crippen LogP contribution in [0, 0.1) is 20.8 Å². The average Bonchev–Trinajstić information content (AvgIpc) is 2.11. The first-order chi connectivity index (χ1) is 6.38. The molecule has 2 heteroatoms. The van der Waals surface area contributed by atoms with E-state index in [9.17, 15) is 5.11 Å². The lowest BCUT2D eigenvalue weighted by Crippen LogP contribution is -2.37. The van der Waals surface area contributed by atoms with Crippen LogP contribution in [-0.4, -0.2) is 11.7 Å². The van der Waals surface area contributed by atoms with E-state index in [4.69, 9.17) is 5.73 Å². The largest absolute Gasteiger partial charge is 0.394 e. The lowest BCUT2D eigenvalue weighted by Gasteiger charge is -2.25. The lowest BCUT2D eigenvalue weighted by molar-refractivity contribution is 0.209. The Morgan fingerprint density at radius 3 is 2.14 bits per heavy atom. The van der Waals surface area contributed by atoms with Crippen LogP contribution in [0.4, 0.5) is 0 Å². The highest BCUT2D eigenvalue weighted by Gasteiger charge is 2.22. The minimum absolute atomic E-state index is 0.0314. The SMILES string of the molecule is Cc1cc(C)c([C@@](C)(N)CO)cc1C. The van der Waals surface area contributed by atoms with Gasteiger partial charge in [0, 0.05) is 0 Å². The van der Waals surface area contributed by atoms with E-state index in [2.05, 4.69) is 26.0 Å². The average molecular weight is 193 g/mol. The van der Waals surface area contributed by atoms with Crippen molar-refractivity contribution in [2.75, 3.05) is 6.61 Å². The molecule has 0 aromatic heterocycles. The van der Waals surface area contributed by atoms with Gasteiger partial charge in [0.15, 0.2) is 0 Å². The van der Waals surface area contributed by atoms with E-state index < -0.39 is 5.54 Å². The van der Waals surface area contributed by atoms with Crippen molar-refractivity contribution in [1.82, 2.24) is 0 Å². The molecule has 0 aliphatic heterocycles. The van der Waals surface area contributed by atoms with E-state index in [1.165, 1.54) is 11.1 Å². The molecule has 0 unspecified atom stereocenters. The summed E-state index contributed by atoms with van der Waals surface area (Å²) in [7, 11) is 0. The van der Waals surface area contributed by atoms with E-state index in [0.717, 1.165) is 11.1 Å². The summed E-state index contributed by atoms with van der Waals surface area (Å²) >= 11 is 0. The second kappa shape index (κ2) is 3.71. The van der Waals surface area contributed by atoms with Crippen molar-refractivity contribution < 1.29 is 5.11 Å². The smallest absolute Gasteiger partial charge is 0.0650 e. The summed E-state index contributed by atoms with van der Waals surface area (Å²) in [5.74, 6) is 0.